The molecule has 1 fully saturated rings. The molecule has 1 aromatic heterocycles. The summed E-state index contributed by atoms with van der Waals surface area (Å²) in [6.07, 6.45) is 0. The predicted octanol–water partition coefficient (Wildman–Crippen LogP) is 3.58. The van der Waals surface area contributed by atoms with Crippen molar-refractivity contribution in [1.29, 1.82) is 0 Å². The number of rotatable bonds is 5. The number of nitrogens with zero attached hydrogens (tertiary/aromatic N) is 3. The number of esters is 1. The van der Waals surface area contributed by atoms with Crippen LogP contribution in [0.2, 0.25) is 0 Å². The largest absolute Gasteiger partial charge is 0.468 e. The van der Waals surface area contributed by atoms with Crippen LogP contribution in [0.3, 0.4) is 0 Å². The topological polar surface area (TPSA) is 59.4 Å². The Bertz CT molecular complexity index is 849. The van der Waals surface area contributed by atoms with Gasteiger partial charge in [0.2, 0.25) is 5.13 Å². The molecule has 9 heteroatoms. The Kier molecular flexibility index (Phi) is 6.33. The number of nitrogens with one attached hydrogen (secondary N) is 1. The Morgan fingerprint density at radius 1 is 1.42 bits per heavy atom. The molecule has 6 nitrogen and oxygen atoms in total. The van der Waals surface area contributed by atoms with Gasteiger partial charge >= 0.3 is 5.97 Å². The van der Waals surface area contributed by atoms with E-state index in [-0.39, 0.29) is 11.2 Å². The first-order valence-electron chi connectivity index (χ1n) is 8.30. The summed E-state index contributed by atoms with van der Waals surface area (Å²) in [5, 5.41) is 8.55. The molecule has 1 aliphatic heterocycles. The fourth-order valence-electron chi connectivity index (χ4n) is 2.68. The van der Waals surface area contributed by atoms with Crippen molar-refractivity contribution < 1.29 is 9.53 Å². The first kappa shape index (κ1) is 19.3. The number of aryl methyl sites for hydroxylation is 2. The highest BCUT2D eigenvalue weighted by Crippen LogP contribution is 2.24. The summed E-state index contributed by atoms with van der Waals surface area (Å²) in [6, 6.07) is 6.24. The van der Waals surface area contributed by atoms with Crippen molar-refractivity contribution in [3.05, 3.63) is 33.3 Å². The highest BCUT2D eigenvalue weighted by Gasteiger charge is 2.27. The van der Waals surface area contributed by atoms with Gasteiger partial charge in [0.1, 0.15) is 5.25 Å². The van der Waals surface area contributed by atoms with Gasteiger partial charge in [0.05, 0.1) is 13.8 Å². The Hall–Kier alpha value is -1.42. The fourth-order valence-corrected chi connectivity index (χ4v) is 4.89. The third kappa shape index (κ3) is 4.64. The summed E-state index contributed by atoms with van der Waals surface area (Å²) in [5.74, 6) is 0.726. The van der Waals surface area contributed by atoms with Gasteiger partial charge in [0.25, 0.3) is 0 Å². The van der Waals surface area contributed by atoms with Gasteiger partial charge in [0, 0.05) is 24.5 Å². The number of aromatic nitrogens is 2. The van der Waals surface area contributed by atoms with Crippen LogP contribution < -0.4 is 5.32 Å². The van der Waals surface area contributed by atoms with E-state index in [1.54, 1.807) is 11.8 Å². The van der Waals surface area contributed by atoms with Crippen molar-refractivity contribution in [3.63, 3.8) is 0 Å². The smallest absolute Gasteiger partial charge is 0.320 e. The van der Waals surface area contributed by atoms with E-state index >= 15 is 0 Å². The van der Waals surface area contributed by atoms with E-state index in [9.17, 15) is 4.79 Å². The van der Waals surface area contributed by atoms with Gasteiger partial charge in [-0.1, -0.05) is 17.4 Å². The molecule has 0 bridgehead atoms. The normalized spacial score (nSPS) is 17.9. The van der Waals surface area contributed by atoms with Crippen molar-refractivity contribution in [1.82, 2.24) is 14.7 Å². The number of hydrogen-bond acceptors (Lipinski definition) is 8. The van der Waals surface area contributed by atoms with Crippen LogP contribution >= 0.6 is 35.3 Å². The third-order valence-electron chi connectivity index (χ3n) is 4.31. The highest BCUT2D eigenvalue weighted by atomic mass is 32.2. The summed E-state index contributed by atoms with van der Waals surface area (Å²) < 4.78 is 7.39. The zero-order valence-electron chi connectivity index (χ0n) is 15.0. The van der Waals surface area contributed by atoms with Crippen LogP contribution in [0, 0.1) is 17.8 Å². The predicted molar refractivity (Wildman–Crippen MR) is 110 cm³/mol. The number of anilines is 2. The lowest BCUT2D eigenvalue weighted by atomic mass is 10.1. The fraction of sp³-hybridized carbons (Fsp3) is 0.471. The number of methoxy groups -OCH3 is 1. The Morgan fingerprint density at radius 3 is 2.96 bits per heavy atom. The van der Waals surface area contributed by atoms with Crippen LogP contribution in [-0.4, -0.2) is 51.9 Å². The van der Waals surface area contributed by atoms with E-state index in [1.807, 2.05) is 10.7 Å². The van der Waals surface area contributed by atoms with Crippen LogP contribution in [0.25, 0.3) is 0 Å². The average molecular weight is 411 g/mol. The molecular formula is C17H22N4O2S3. The van der Waals surface area contributed by atoms with E-state index in [0.717, 1.165) is 23.1 Å². The van der Waals surface area contributed by atoms with Gasteiger partial charge in [0.15, 0.2) is 3.95 Å². The van der Waals surface area contributed by atoms with Crippen molar-refractivity contribution in [3.8, 4) is 0 Å². The van der Waals surface area contributed by atoms with Gasteiger partial charge in [-0.05, 0) is 49.3 Å². The molecule has 3 rings (SSSR count). The van der Waals surface area contributed by atoms with Crippen molar-refractivity contribution >= 4 is 52.1 Å². The molecule has 0 aliphatic carbocycles. The van der Waals surface area contributed by atoms with Crippen LogP contribution in [-0.2, 0) is 16.2 Å². The molecule has 0 spiro atoms. The molecule has 2 heterocycles. The molecule has 140 valence electrons. The standard InChI is InChI=1S/C17H22N4O2S3/c1-11-4-5-13(8-12(11)2)18-16-19-21(17(24)26-16)10-20-6-7-25-14(9-20)15(22)23-3/h4-5,8,14H,6-7,9-10H2,1-3H3,(H,18,19)/t14-/m0/s1. The first-order chi connectivity index (χ1) is 12.5. The molecule has 1 N–H and O–H groups in total. The number of carbonyl (C=O) groups is 1. The molecule has 0 unspecified atom stereocenters. The summed E-state index contributed by atoms with van der Waals surface area (Å²) in [6.45, 7) is 6.31. The van der Waals surface area contributed by atoms with Crippen LogP contribution in [0.4, 0.5) is 10.8 Å². The van der Waals surface area contributed by atoms with Crippen LogP contribution in [0.1, 0.15) is 11.1 Å². The lowest BCUT2D eigenvalue weighted by Gasteiger charge is -2.30. The molecule has 1 atom stereocenters. The molecule has 0 radical (unpaired) electrons. The lowest BCUT2D eigenvalue weighted by Crippen LogP contribution is -2.42. The zero-order chi connectivity index (χ0) is 18.7. The van der Waals surface area contributed by atoms with E-state index in [0.29, 0.717) is 17.2 Å². The minimum absolute atomic E-state index is 0.144. The summed E-state index contributed by atoms with van der Waals surface area (Å²) in [7, 11) is 1.43. The van der Waals surface area contributed by atoms with E-state index in [1.165, 1.54) is 29.6 Å². The summed E-state index contributed by atoms with van der Waals surface area (Å²) >= 11 is 8.56. The number of hydrogen-bond donors (Lipinski definition) is 1. The van der Waals surface area contributed by atoms with E-state index in [4.69, 9.17) is 17.0 Å². The second kappa shape index (κ2) is 8.51. The van der Waals surface area contributed by atoms with Gasteiger partial charge < -0.3 is 10.1 Å². The maximum absolute atomic E-state index is 11.8. The molecule has 1 aliphatic rings. The highest BCUT2D eigenvalue weighted by molar-refractivity contribution is 8.00. The Labute approximate surface area is 166 Å². The quantitative estimate of drug-likeness (QED) is 0.597. The maximum Gasteiger partial charge on any atom is 0.320 e. The summed E-state index contributed by atoms with van der Waals surface area (Å²) in [5.41, 5.74) is 3.50. The summed E-state index contributed by atoms with van der Waals surface area (Å²) in [4.78, 5) is 14.0. The van der Waals surface area contributed by atoms with Crippen LogP contribution in [0.5, 0.6) is 0 Å². The van der Waals surface area contributed by atoms with Crippen molar-refractivity contribution in [2.24, 2.45) is 0 Å². The van der Waals surface area contributed by atoms with Gasteiger partial charge in [-0.3, -0.25) is 9.69 Å². The van der Waals surface area contributed by atoms with Crippen molar-refractivity contribution in [2.45, 2.75) is 25.8 Å². The number of ether oxygens (including phenoxy) is 1. The minimum atomic E-state index is -0.168. The number of carbonyl (C=O) groups excluding carboxylic acids is 1. The van der Waals surface area contributed by atoms with E-state index in [2.05, 4.69) is 41.3 Å². The number of thioether (sulfide) groups is 1. The Morgan fingerprint density at radius 2 is 2.23 bits per heavy atom. The minimum Gasteiger partial charge on any atom is -0.468 e. The second-order valence-corrected chi connectivity index (χ2v) is 9.13. The Balaban J connectivity index is 1.67. The van der Waals surface area contributed by atoms with Gasteiger partial charge in [-0.15, -0.1) is 16.9 Å². The molecule has 0 saturated carbocycles. The van der Waals surface area contributed by atoms with Crippen molar-refractivity contribution in [2.75, 3.05) is 31.3 Å². The first-order valence-corrected chi connectivity index (χ1v) is 10.6. The monoisotopic (exact) mass is 410 g/mol. The second-order valence-electron chi connectivity index (χ2n) is 6.20. The third-order valence-corrected chi connectivity index (χ3v) is 6.70. The van der Waals surface area contributed by atoms with Gasteiger partial charge in [-0.2, -0.15) is 0 Å². The molecular weight excluding hydrogens is 388 g/mol. The average Bonchev–Trinajstić information content (AvgIpc) is 2.96. The number of benzene rings is 1. The molecule has 26 heavy (non-hydrogen) atoms. The molecule has 1 aromatic carbocycles. The molecule has 1 saturated heterocycles. The zero-order valence-corrected chi connectivity index (χ0v) is 17.5. The molecule has 0 amide bonds. The lowest BCUT2D eigenvalue weighted by molar-refractivity contribution is -0.140. The van der Waals surface area contributed by atoms with E-state index < -0.39 is 0 Å². The van der Waals surface area contributed by atoms with Crippen LogP contribution in [0.15, 0.2) is 18.2 Å². The SMILES string of the molecule is COC(=O)[C@@H]1CN(Cn2nc(Nc3ccc(C)c(C)c3)sc2=S)CCS1. The van der Waals surface area contributed by atoms with Gasteiger partial charge in [-0.25, -0.2) is 4.68 Å². The maximum atomic E-state index is 11.8. The molecule has 2 aromatic rings.